The van der Waals surface area contributed by atoms with Gasteiger partial charge in [-0.25, -0.2) is 8.37 Å². The van der Waals surface area contributed by atoms with Gasteiger partial charge in [-0.15, -0.1) is 0 Å². The molecule has 0 spiro atoms. The lowest BCUT2D eigenvalue weighted by molar-refractivity contribution is -0.108. The van der Waals surface area contributed by atoms with Crippen molar-refractivity contribution < 1.29 is 25.2 Å². The van der Waals surface area contributed by atoms with Gasteiger partial charge in [-0.05, 0) is 0 Å². The SMILES string of the molecule is CCC(CC)(OS(C)(=O)=O)OS(C)(=O)=O. The van der Waals surface area contributed by atoms with E-state index >= 15 is 0 Å². The van der Waals surface area contributed by atoms with Crippen LogP contribution < -0.4 is 0 Å². The van der Waals surface area contributed by atoms with Gasteiger partial charge in [0.05, 0.1) is 12.5 Å². The lowest BCUT2D eigenvalue weighted by atomic mass is 10.2. The minimum Gasteiger partial charge on any atom is -0.234 e. The molecular weight excluding hydrogens is 244 g/mol. The van der Waals surface area contributed by atoms with Gasteiger partial charge >= 0.3 is 0 Å². The molecule has 0 aromatic heterocycles. The van der Waals surface area contributed by atoms with Gasteiger partial charge in [0.25, 0.3) is 20.2 Å². The lowest BCUT2D eigenvalue weighted by Gasteiger charge is -2.28. The van der Waals surface area contributed by atoms with Crippen LogP contribution in [0.4, 0.5) is 0 Å². The Bertz CT molecular complexity index is 353. The summed E-state index contributed by atoms with van der Waals surface area (Å²) in [6, 6.07) is 0. The molecule has 92 valence electrons. The summed E-state index contributed by atoms with van der Waals surface area (Å²) in [5, 5.41) is 0. The van der Waals surface area contributed by atoms with Crippen LogP contribution in [0.1, 0.15) is 26.7 Å². The van der Waals surface area contributed by atoms with Gasteiger partial charge in [-0.2, -0.15) is 16.8 Å². The molecule has 8 heteroatoms. The van der Waals surface area contributed by atoms with E-state index in [9.17, 15) is 16.8 Å². The summed E-state index contributed by atoms with van der Waals surface area (Å²) < 4.78 is 53.2. The van der Waals surface area contributed by atoms with Gasteiger partial charge in [-0.3, -0.25) is 0 Å². The average molecular weight is 260 g/mol. The van der Waals surface area contributed by atoms with Crippen molar-refractivity contribution in [2.75, 3.05) is 12.5 Å². The third kappa shape index (κ3) is 6.08. The molecule has 0 atom stereocenters. The summed E-state index contributed by atoms with van der Waals surface area (Å²) >= 11 is 0. The highest BCUT2D eigenvalue weighted by Gasteiger charge is 2.36. The van der Waals surface area contributed by atoms with Crippen LogP contribution in [0.25, 0.3) is 0 Å². The summed E-state index contributed by atoms with van der Waals surface area (Å²) in [4.78, 5) is 0. The maximum Gasteiger partial charge on any atom is 0.267 e. The summed E-state index contributed by atoms with van der Waals surface area (Å²) in [5.74, 6) is -1.62. The van der Waals surface area contributed by atoms with Crippen LogP contribution >= 0.6 is 0 Å². The Morgan fingerprint density at radius 1 is 0.867 bits per heavy atom. The summed E-state index contributed by atoms with van der Waals surface area (Å²) in [5.41, 5.74) is 0. The second-order valence-electron chi connectivity index (χ2n) is 3.19. The zero-order chi connectivity index (χ0) is 12.3. The molecule has 0 saturated carbocycles. The number of hydrogen-bond acceptors (Lipinski definition) is 6. The van der Waals surface area contributed by atoms with Crippen LogP contribution in [-0.4, -0.2) is 35.1 Å². The Morgan fingerprint density at radius 2 is 1.13 bits per heavy atom. The molecule has 0 aliphatic heterocycles. The van der Waals surface area contributed by atoms with Crippen molar-refractivity contribution in [2.24, 2.45) is 0 Å². The molecule has 0 aromatic carbocycles. The first-order valence-corrected chi connectivity index (χ1v) is 7.98. The van der Waals surface area contributed by atoms with Crippen molar-refractivity contribution in [3.05, 3.63) is 0 Å². The maximum absolute atomic E-state index is 11.0. The predicted molar refractivity (Wildman–Crippen MR) is 55.2 cm³/mol. The Hall–Kier alpha value is -0.180. The first-order valence-electron chi connectivity index (χ1n) is 4.35. The molecule has 0 fully saturated rings. The molecule has 15 heavy (non-hydrogen) atoms. The zero-order valence-electron chi connectivity index (χ0n) is 9.18. The molecule has 0 bridgehead atoms. The number of hydrogen-bond donors (Lipinski definition) is 0. The van der Waals surface area contributed by atoms with E-state index in [2.05, 4.69) is 8.37 Å². The molecule has 0 saturated heterocycles. The van der Waals surface area contributed by atoms with Crippen LogP contribution in [-0.2, 0) is 28.6 Å². The monoisotopic (exact) mass is 260 g/mol. The Morgan fingerprint density at radius 3 is 1.27 bits per heavy atom. The van der Waals surface area contributed by atoms with Gasteiger partial charge in [0, 0.05) is 12.8 Å². The first kappa shape index (κ1) is 14.8. The standard InChI is InChI=1S/C7H16O6S2/c1-5-7(6-2,12-14(3,8)9)13-15(4,10)11/h5-6H2,1-4H3. The molecular formula is C7H16O6S2. The summed E-state index contributed by atoms with van der Waals surface area (Å²) in [6.45, 7) is 3.17. The third-order valence-corrected chi connectivity index (χ3v) is 2.90. The van der Waals surface area contributed by atoms with Crippen molar-refractivity contribution >= 4 is 20.2 Å². The molecule has 0 radical (unpaired) electrons. The topological polar surface area (TPSA) is 86.7 Å². The van der Waals surface area contributed by atoms with Crippen molar-refractivity contribution in [1.29, 1.82) is 0 Å². The van der Waals surface area contributed by atoms with E-state index in [1.165, 1.54) is 0 Å². The molecule has 0 rings (SSSR count). The van der Waals surface area contributed by atoms with Crippen molar-refractivity contribution in [1.82, 2.24) is 0 Å². The quantitative estimate of drug-likeness (QED) is 0.509. The van der Waals surface area contributed by atoms with Gasteiger partial charge in [0.15, 0.2) is 0 Å². The Balaban J connectivity index is 5.07. The van der Waals surface area contributed by atoms with E-state index in [-0.39, 0.29) is 12.8 Å². The Labute approximate surface area is 90.8 Å². The van der Waals surface area contributed by atoms with Crippen molar-refractivity contribution in [3.8, 4) is 0 Å². The van der Waals surface area contributed by atoms with E-state index < -0.39 is 26.0 Å². The second-order valence-corrected chi connectivity index (χ2v) is 6.34. The molecule has 0 heterocycles. The highest BCUT2D eigenvalue weighted by atomic mass is 32.2. The van der Waals surface area contributed by atoms with E-state index in [1.54, 1.807) is 13.8 Å². The van der Waals surface area contributed by atoms with E-state index in [0.717, 1.165) is 12.5 Å². The Kier molecular flexibility index (Phi) is 4.71. The van der Waals surface area contributed by atoms with Gasteiger partial charge in [-0.1, -0.05) is 13.8 Å². The largest absolute Gasteiger partial charge is 0.267 e. The average Bonchev–Trinajstić information content (AvgIpc) is 1.98. The fourth-order valence-electron chi connectivity index (χ4n) is 1.05. The van der Waals surface area contributed by atoms with Crippen LogP contribution in [0.3, 0.4) is 0 Å². The highest BCUT2D eigenvalue weighted by Crippen LogP contribution is 2.26. The van der Waals surface area contributed by atoms with Crippen molar-refractivity contribution in [3.63, 3.8) is 0 Å². The molecule has 0 aliphatic rings. The first-order chi connectivity index (χ1) is 6.54. The predicted octanol–water partition coefficient (Wildman–Crippen LogP) is 0.455. The smallest absolute Gasteiger partial charge is 0.234 e. The minimum absolute atomic E-state index is 0.115. The zero-order valence-corrected chi connectivity index (χ0v) is 10.8. The van der Waals surface area contributed by atoms with Gasteiger partial charge in [0.1, 0.15) is 0 Å². The van der Waals surface area contributed by atoms with E-state index in [1.807, 2.05) is 0 Å². The maximum atomic E-state index is 11.0. The van der Waals surface area contributed by atoms with Crippen LogP contribution in [0, 0.1) is 0 Å². The molecule has 0 aliphatic carbocycles. The second kappa shape index (κ2) is 4.77. The van der Waals surface area contributed by atoms with E-state index in [0.29, 0.717) is 0 Å². The van der Waals surface area contributed by atoms with Gasteiger partial charge < -0.3 is 0 Å². The third-order valence-electron chi connectivity index (χ3n) is 1.68. The fraction of sp³-hybridized carbons (Fsp3) is 1.00. The molecule has 0 amide bonds. The lowest BCUT2D eigenvalue weighted by Crippen LogP contribution is -2.38. The summed E-state index contributed by atoms with van der Waals surface area (Å²) in [7, 11) is -7.54. The van der Waals surface area contributed by atoms with Crippen LogP contribution in [0.2, 0.25) is 0 Å². The fourth-order valence-corrected chi connectivity index (χ4v) is 2.74. The van der Waals surface area contributed by atoms with Crippen LogP contribution in [0.5, 0.6) is 0 Å². The molecule has 6 nitrogen and oxygen atoms in total. The molecule has 0 unspecified atom stereocenters. The molecule has 0 aromatic rings. The van der Waals surface area contributed by atoms with Crippen molar-refractivity contribution in [2.45, 2.75) is 32.5 Å². The number of rotatable bonds is 6. The van der Waals surface area contributed by atoms with Crippen LogP contribution in [0.15, 0.2) is 0 Å². The van der Waals surface area contributed by atoms with E-state index in [4.69, 9.17) is 0 Å². The normalized spacial score (nSPS) is 14.1. The minimum atomic E-state index is -3.77. The molecule has 0 N–H and O–H groups in total. The summed E-state index contributed by atoms with van der Waals surface area (Å²) in [6.07, 6.45) is 1.92. The highest BCUT2D eigenvalue weighted by molar-refractivity contribution is 7.86. The van der Waals surface area contributed by atoms with Gasteiger partial charge in [0.2, 0.25) is 5.79 Å².